The van der Waals surface area contributed by atoms with Crippen molar-refractivity contribution in [2.45, 2.75) is 34.2 Å². The Morgan fingerprint density at radius 1 is 0.821 bits per heavy atom. The lowest BCUT2D eigenvalue weighted by Crippen LogP contribution is -2.10. The molecule has 3 aromatic carbocycles. The van der Waals surface area contributed by atoms with Crippen LogP contribution in [0, 0.1) is 27.7 Å². The van der Waals surface area contributed by atoms with E-state index >= 15 is 0 Å². The standard InChI is InChI=1S/C25H26N2O/c1-17-9-11-21(19(3)15-17)25-26-22-7-5-6-8-23(22)27(25)13-14-28-24-12-10-18(2)16-20(24)4/h5-12,15-16H,13-14H2,1-4H3. The lowest BCUT2D eigenvalue weighted by atomic mass is 10.1. The molecule has 1 aromatic heterocycles. The molecule has 3 nitrogen and oxygen atoms in total. The molecule has 0 aliphatic rings. The van der Waals surface area contributed by atoms with Crippen LogP contribution in [0.1, 0.15) is 22.3 Å². The third-order valence-electron chi connectivity index (χ3n) is 5.18. The Bertz CT molecular complexity index is 1140. The van der Waals surface area contributed by atoms with Gasteiger partial charge in [-0.15, -0.1) is 0 Å². The number of aryl methyl sites for hydroxylation is 4. The highest BCUT2D eigenvalue weighted by atomic mass is 16.5. The summed E-state index contributed by atoms with van der Waals surface area (Å²) in [5.74, 6) is 1.95. The van der Waals surface area contributed by atoms with Crippen LogP contribution in [-0.4, -0.2) is 16.2 Å². The lowest BCUT2D eigenvalue weighted by Gasteiger charge is -2.14. The molecule has 142 valence electrons. The summed E-state index contributed by atoms with van der Waals surface area (Å²) in [6, 6.07) is 21.2. The zero-order valence-corrected chi connectivity index (χ0v) is 17.0. The number of fused-ring (bicyclic) bond motifs is 1. The number of hydrogen-bond donors (Lipinski definition) is 0. The smallest absolute Gasteiger partial charge is 0.141 e. The van der Waals surface area contributed by atoms with Gasteiger partial charge < -0.3 is 9.30 Å². The Morgan fingerprint density at radius 2 is 1.54 bits per heavy atom. The van der Waals surface area contributed by atoms with Gasteiger partial charge in [0.25, 0.3) is 0 Å². The fourth-order valence-electron chi connectivity index (χ4n) is 3.78. The predicted molar refractivity (Wildman–Crippen MR) is 116 cm³/mol. The second-order valence-electron chi connectivity index (χ2n) is 7.51. The monoisotopic (exact) mass is 370 g/mol. The van der Waals surface area contributed by atoms with Crippen LogP contribution < -0.4 is 4.74 Å². The molecule has 3 heteroatoms. The average molecular weight is 370 g/mol. The zero-order chi connectivity index (χ0) is 19.7. The first kappa shape index (κ1) is 18.3. The largest absolute Gasteiger partial charge is 0.491 e. The van der Waals surface area contributed by atoms with E-state index in [1.165, 1.54) is 27.8 Å². The van der Waals surface area contributed by atoms with Crippen LogP contribution in [0.2, 0.25) is 0 Å². The Balaban J connectivity index is 1.67. The second-order valence-corrected chi connectivity index (χ2v) is 7.51. The lowest BCUT2D eigenvalue weighted by molar-refractivity contribution is 0.299. The van der Waals surface area contributed by atoms with E-state index in [9.17, 15) is 0 Å². The fraction of sp³-hybridized carbons (Fsp3) is 0.240. The van der Waals surface area contributed by atoms with Gasteiger partial charge in [-0.05, 0) is 57.0 Å². The third kappa shape index (κ3) is 3.53. The molecule has 4 aromatic rings. The Morgan fingerprint density at radius 3 is 2.29 bits per heavy atom. The number of para-hydroxylation sites is 2. The molecule has 0 amide bonds. The van der Waals surface area contributed by atoms with Crippen molar-refractivity contribution in [3.8, 4) is 17.1 Å². The van der Waals surface area contributed by atoms with Crippen LogP contribution >= 0.6 is 0 Å². The van der Waals surface area contributed by atoms with E-state index in [1.54, 1.807) is 0 Å². The van der Waals surface area contributed by atoms with Crippen LogP contribution in [0.4, 0.5) is 0 Å². The molecule has 0 spiro atoms. The number of benzene rings is 3. The number of ether oxygens (including phenoxy) is 1. The van der Waals surface area contributed by atoms with E-state index < -0.39 is 0 Å². The van der Waals surface area contributed by atoms with Crippen LogP contribution in [0.3, 0.4) is 0 Å². The van der Waals surface area contributed by atoms with E-state index in [4.69, 9.17) is 9.72 Å². The molecule has 0 aliphatic heterocycles. The van der Waals surface area contributed by atoms with Crippen molar-refractivity contribution in [2.24, 2.45) is 0 Å². The summed E-state index contributed by atoms with van der Waals surface area (Å²) in [6.07, 6.45) is 0. The molecule has 28 heavy (non-hydrogen) atoms. The molecule has 0 bridgehead atoms. The van der Waals surface area contributed by atoms with Crippen LogP contribution in [0.15, 0.2) is 60.7 Å². The molecular formula is C25H26N2O. The van der Waals surface area contributed by atoms with Gasteiger partial charge in [-0.25, -0.2) is 4.98 Å². The fourth-order valence-corrected chi connectivity index (χ4v) is 3.78. The van der Waals surface area contributed by atoms with Gasteiger partial charge in [0.05, 0.1) is 17.6 Å². The summed E-state index contributed by atoms with van der Waals surface area (Å²) < 4.78 is 8.38. The van der Waals surface area contributed by atoms with Crippen molar-refractivity contribution in [1.82, 2.24) is 9.55 Å². The maximum atomic E-state index is 6.11. The van der Waals surface area contributed by atoms with Crippen molar-refractivity contribution in [1.29, 1.82) is 0 Å². The Kier molecular flexibility index (Phi) is 4.91. The molecule has 4 rings (SSSR count). The van der Waals surface area contributed by atoms with Crippen molar-refractivity contribution in [3.05, 3.63) is 82.9 Å². The predicted octanol–water partition coefficient (Wildman–Crippen LogP) is 6.02. The second kappa shape index (κ2) is 7.51. The summed E-state index contributed by atoms with van der Waals surface area (Å²) in [6.45, 7) is 9.81. The summed E-state index contributed by atoms with van der Waals surface area (Å²) in [5.41, 5.74) is 8.26. The van der Waals surface area contributed by atoms with Gasteiger partial charge in [-0.3, -0.25) is 0 Å². The van der Waals surface area contributed by atoms with Crippen molar-refractivity contribution < 1.29 is 4.74 Å². The van der Waals surface area contributed by atoms with E-state index in [2.05, 4.69) is 86.9 Å². The minimum Gasteiger partial charge on any atom is -0.491 e. The molecule has 0 radical (unpaired) electrons. The van der Waals surface area contributed by atoms with Gasteiger partial charge in [-0.2, -0.15) is 0 Å². The van der Waals surface area contributed by atoms with Crippen molar-refractivity contribution in [2.75, 3.05) is 6.61 Å². The van der Waals surface area contributed by atoms with Gasteiger partial charge in [0.1, 0.15) is 18.2 Å². The van der Waals surface area contributed by atoms with E-state index in [1.807, 2.05) is 6.07 Å². The number of rotatable bonds is 5. The minimum atomic E-state index is 0.599. The topological polar surface area (TPSA) is 27.1 Å². The molecule has 0 saturated heterocycles. The van der Waals surface area contributed by atoms with Crippen LogP contribution in [0.5, 0.6) is 5.75 Å². The van der Waals surface area contributed by atoms with Gasteiger partial charge in [0.15, 0.2) is 0 Å². The third-order valence-corrected chi connectivity index (χ3v) is 5.18. The van der Waals surface area contributed by atoms with Gasteiger partial charge >= 0.3 is 0 Å². The van der Waals surface area contributed by atoms with Gasteiger partial charge in [0.2, 0.25) is 0 Å². The summed E-state index contributed by atoms with van der Waals surface area (Å²) in [7, 11) is 0. The maximum Gasteiger partial charge on any atom is 0.141 e. The van der Waals surface area contributed by atoms with Gasteiger partial charge in [0, 0.05) is 5.56 Å². The molecule has 0 aliphatic carbocycles. The Labute approximate surface area is 166 Å². The summed E-state index contributed by atoms with van der Waals surface area (Å²) in [4.78, 5) is 4.94. The molecular weight excluding hydrogens is 344 g/mol. The molecule has 0 saturated carbocycles. The number of imidazole rings is 1. The molecule has 1 heterocycles. The van der Waals surface area contributed by atoms with E-state index in [0.717, 1.165) is 29.2 Å². The number of hydrogen-bond acceptors (Lipinski definition) is 2. The van der Waals surface area contributed by atoms with Crippen molar-refractivity contribution >= 4 is 11.0 Å². The minimum absolute atomic E-state index is 0.599. The van der Waals surface area contributed by atoms with E-state index in [0.29, 0.717) is 6.61 Å². The molecule has 0 N–H and O–H groups in total. The molecule has 0 unspecified atom stereocenters. The summed E-state index contributed by atoms with van der Waals surface area (Å²) in [5, 5.41) is 0. The van der Waals surface area contributed by atoms with Crippen molar-refractivity contribution in [3.63, 3.8) is 0 Å². The average Bonchev–Trinajstić information content (AvgIpc) is 3.02. The highest BCUT2D eigenvalue weighted by molar-refractivity contribution is 5.81. The quantitative estimate of drug-likeness (QED) is 0.430. The highest BCUT2D eigenvalue weighted by Crippen LogP contribution is 2.28. The normalized spacial score (nSPS) is 11.1. The first-order valence-electron chi connectivity index (χ1n) is 9.76. The molecule has 0 atom stereocenters. The number of nitrogens with zero attached hydrogens (tertiary/aromatic N) is 2. The van der Waals surface area contributed by atoms with Gasteiger partial charge in [-0.1, -0.05) is 53.6 Å². The Hall–Kier alpha value is -3.07. The zero-order valence-electron chi connectivity index (χ0n) is 17.0. The highest BCUT2D eigenvalue weighted by Gasteiger charge is 2.14. The molecule has 0 fully saturated rings. The summed E-state index contributed by atoms with van der Waals surface area (Å²) >= 11 is 0. The number of aromatic nitrogens is 2. The van der Waals surface area contributed by atoms with Crippen LogP contribution in [0.25, 0.3) is 22.4 Å². The SMILES string of the molecule is Cc1ccc(OCCn2c(-c3ccc(C)cc3C)nc3ccccc32)c(C)c1. The first-order chi connectivity index (χ1) is 13.5. The first-order valence-corrected chi connectivity index (χ1v) is 9.76. The maximum absolute atomic E-state index is 6.11. The van der Waals surface area contributed by atoms with Crippen LogP contribution in [-0.2, 0) is 6.54 Å². The van der Waals surface area contributed by atoms with E-state index in [-0.39, 0.29) is 0 Å².